The van der Waals surface area contributed by atoms with Crippen LogP contribution in [0.15, 0.2) is 16.6 Å². The monoisotopic (exact) mass is 325 g/mol. The molecule has 1 N–H and O–H groups in total. The molecule has 0 aliphatic rings. The number of alkyl halides is 1. The van der Waals surface area contributed by atoms with Crippen molar-refractivity contribution in [3.05, 3.63) is 33.8 Å². The van der Waals surface area contributed by atoms with Crippen molar-refractivity contribution >= 4 is 27.5 Å². The van der Waals surface area contributed by atoms with Crippen LogP contribution < -0.4 is 5.32 Å². The van der Waals surface area contributed by atoms with Crippen LogP contribution in [0.5, 0.6) is 0 Å². The molecular weight excluding hydrogens is 311 g/mol. The van der Waals surface area contributed by atoms with Crippen molar-refractivity contribution in [1.29, 1.82) is 0 Å². The Morgan fingerprint density at radius 2 is 2.00 bits per heavy atom. The highest BCUT2D eigenvalue weighted by Gasteiger charge is 2.15. The number of hydrogen-bond donors (Lipinski definition) is 1. The first-order valence-corrected chi connectivity index (χ1v) is 6.71. The van der Waals surface area contributed by atoms with Crippen molar-refractivity contribution in [1.82, 2.24) is 5.32 Å². The first-order valence-electron chi connectivity index (χ1n) is 5.39. The van der Waals surface area contributed by atoms with Crippen LogP contribution >= 0.6 is 27.5 Å². The van der Waals surface area contributed by atoms with Crippen LogP contribution in [0.4, 0.5) is 8.78 Å². The molecule has 0 aliphatic carbocycles. The number of hydrogen-bond acceptors (Lipinski definition) is 1. The van der Waals surface area contributed by atoms with Gasteiger partial charge in [0.05, 0.1) is 4.47 Å². The molecule has 0 saturated carbocycles. The van der Waals surface area contributed by atoms with Crippen LogP contribution in [0.3, 0.4) is 0 Å². The summed E-state index contributed by atoms with van der Waals surface area (Å²) in [5.74, 6) is -0.334. The highest BCUT2D eigenvalue weighted by atomic mass is 79.9. The number of benzene rings is 1. The maximum atomic E-state index is 13.6. The first-order chi connectivity index (χ1) is 7.97. The maximum absolute atomic E-state index is 13.6. The summed E-state index contributed by atoms with van der Waals surface area (Å²) >= 11 is 8.76. The Morgan fingerprint density at radius 3 is 2.59 bits per heavy atom. The Labute approximate surface area is 114 Å². The molecule has 0 aromatic heterocycles. The van der Waals surface area contributed by atoms with Gasteiger partial charge in [0.2, 0.25) is 0 Å². The topological polar surface area (TPSA) is 12.0 Å². The van der Waals surface area contributed by atoms with Crippen molar-refractivity contribution in [3.8, 4) is 0 Å². The summed E-state index contributed by atoms with van der Waals surface area (Å²) in [6.07, 6.45) is 0. The van der Waals surface area contributed by atoms with E-state index in [0.717, 1.165) is 0 Å². The normalized spacial score (nSPS) is 14.7. The van der Waals surface area contributed by atoms with E-state index >= 15 is 0 Å². The molecule has 1 rings (SSSR count). The van der Waals surface area contributed by atoms with Gasteiger partial charge in [0.1, 0.15) is 11.6 Å². The largest absolute Gasteiger partial charge is 0.310 e. The highest BCUT2D eigenvalue weighted by molar-refractivity contribution is 9.10. The molecule has 0 amide bonds. The molecule has 96 valence electrons. The maximum Gasteiger partial charge on any atom is 0.144 e. The second kappa shape index (κ2) is 6.66. The molecule has 0 fully saturated rings. The minimum absolute atomic E-state index is 0.0491. The molecule has 1 nitrogen and oxygen atoms in total. The van der Waals surface area contributed by atoms with E-state index in [4.69, 9.17) is 11.6 Å². The van der Waals surface area contributed by atoms with Gasteiger partial charge in [-0.3, -0.25) is 0 Å². The van der Waals surface area contributed by atoms with Crippen LogP contribution in [-0.2, 0) is 6.54 Å². The number of rotatable bonds is 5. The Balaban J connectivity index is 2.72. The van der Waals surface area contributed by atoms with E-state index in [-0.39, 0.29) is 28.5 Å². The fourth-order valence-electron chi connectivity index (χ4n) is 1.33. The molecule has 17 heavy (non-hydrogen) atoms. The standard InChI is InChI=1S/C12H15BrClF2N/c1-7(5-14)8(2)17-6-9-11(15)4-3-10(13)12(9)16/h3-4,7-8,17H,5-6H2,1-2H3. The minimum Gasteiger partial charge on any atom is -0.310 e. The molecule has 1 aromatic carbocycles. The van der Waals surface area contributed by atoms with Crippen molar-refractivity contribution < 1.29 is 8.78 Å². The van der Waals surface area contributed by atoms with Crippen molar-refractivity contribution in [2.45, 2.75) is 26.4 Å². The second-order valence-corrected chi connectivity index (χ2v) is 5.29. The zero-order valence-corrected chi connectivity index (χ0v) is 12.1. The Hall–Kier alpha value is -0.190. The molecule has 2 unspecified atom stereocenters. The lowest BCUT2D eigenvalue weighted by molar-refractivity contribution is 0.418. The third kappa shape index (κ3) is 3.90. The molecular formula is C12H15BrClF2N. The van der Waals surface area contributed by atoms with Crippen LogP contribution in [0.25, 0.3) is 0 Å². The molecule has 0 aliphatic heterocycles. The van der Waals surface area contributed by atoms with Gasteiger partial charge in [-0.25, -0.2) is 8.78 Å². The smallest absolute Gasteiger partial charge is 0.144 e. The minimum atomic E-state index is -0.553. The lowest BCUT2D eigenvalue weighted by atomic mass is 10.1. The summed E-state index contributed by atoms with van der Waals surface area (Å²) in [6.45, 7) is 4.08. The molecule has 1 aromatic rings. The summed E-state index contributed by atoms with van der Waals surface area (Å²) < 4.78 is 27.4. The molecule has 0 bridgehead atoms. The third-order valence-corrected chi connectivity index (χ3v) is 3.94. The SMILES string of the molecule is CC(CCl)C(C)NCc1c(F)ccc(Br)c1F. The lowest BCUT2D eigenvalue weighted by Crippen LogP contribution is -2.33. The van der Waals surface area contributed by atoms with Crippen molar-refractivity contribution in [2.75, 3.05) is 5.88 Å². The van der Waals surface area contributed by atoms with Crippen LogP contribution in [-0.4, -0.2) is 11.9 Å². The Morgan fingerprint density at radius 1 is 1.35 bits per heavy atom. The zero-order valence-electron chi connectivity index (χ0n) is 9.74. The van der Waals surface area contributed by atoms with E-state index in [9.17, 15) is 8.78 Å². The van der Waals surface area contributed by atoms with Gasteiger partial charge in [-0.05, 0) is 40.9 Å². The average Bonchev–Trinajstić information content (AvgIpc) is 2.32. The van der Waals surface area contributed by atoms with E-state index in [1.165, 1.54) is 12.1 Å². The number of halogens is 4. The summed E-state index contributed by atoms with van der Waals surface area (Å²) in [7, 11) is 0. The number of nitrogens with one attached hydrogen (secondary N) is 1. The van der Waals surface area contributed by atoms with Crippen molar-refractivity contribution in [2.24, 2.45) is 5.92 Å². The van der Waals surface area contributed by atoms with E-state index in [1.54, 1.807) is 0 Å². The molecule has 0 radical (unpaired) electrons. The average molecular weight is 327 g/mol. The predicted molar refractivity (Wildman–Crippen MR) is 70.2 cm³/mol. The molecule has 0 spiro atoms. The summed E-state index contributed by atoms with van der Waals surface area (Å²) in [5, 5.41) is 3.07. The zero-order chi connectivity index (χ0) is 13.0. The second-order valence-electron chi connectivity index (χ2n) is 4.12. The third-order valence-electron chi connectivity index (χ3n) is 2.84. The molecule has 0 saturated heterocycles. The summed E-state index contributed by atoms with van der Waals surface area (Å²) in [6, 6.07) is 2.71. The van der Waals surface area contributed by atoms with Crippen LogP contribution in [0.2, 0.25) is 0 Å². The fraction of sp³-hybridized carbons (Fsp3) is 0.500. The fourth-order valence-corrected chi connectivity index (χ4v) is 1.97. The molecule has 2 atom stereocenters. The van der Waals surface area contributed by atoms with E-state index < -0.39 is 11.6 Å². The quantitative estimate of drug-likeness (QED) is 0.635. The van der Waals surface area contributed by atoms with Gasteiger partial charge in [0.15, 0.2) is 0 Å². The molecule has 0 heterocycles. The highest BCUT2D eigenvalue weighted by Crippen LogP contribution is 2.21. The van der Waals surface area contributed by atoms with Gasteiger partial charge < -0.3 is 5.32 Å². The Kier molecular flexibility index (Phi) is 5.83. The lowest BCUT2D eigenvalue weighted by Gasteiger charge is -2.19. The van der Waals surface area contributed by atoms with Crippen LogP contribution in [0, 0.1) is 17.6 Å². The van der Waals surface area contributed by atoms with Gasteiger partial charge in [0, 0.05) is 24.0 Å². The van der Waals surface area contributed by atoms with Gasteiger partial charge in [-0.2, -0.15) is 0 Å². The molecule has 5 heteroatoms. The van der Waals surface area contributed by atoms with Gasteiger partial charge in [-0.15, -0.1) is 11.6 Å². The van der Waals surface area contributed by atoms with E-state index in [1.807, 2.05) is 13.8 Å². The van der Waals surface area contributed by atoms with Gasteiger partial charge in [-0.1, -0.05) is 6.92 Å². The Bertz CT molecular complexity index is 387. The van der Waals surface area contributed by atoms with Crippen molar-refractivity contribution in [3.63, 3.8) is 0 Å². The predicted octanol–water partition coefficient (Wildman–Crippen LogP) is 4.08. The van der Waals surface area contributed by atoms with Crippen LogP contribution in [0.1, 0.15) is 19.4 Å². The van der Waals surface area contributed by atoms with Gasteiger partial charge in [0.25, 0.3) is 0 Å². The first kappa shape index (κ1) is 14.9. The van der Waals surface area contributed by atoms with Gasteiger partial charge >= 0.3 is 0 Å². The van der Waals surface area contributed by atoms with E-state index in [2.05, 4.69) is 21.2 Å². The van der Waals surface area contributed by atoms with E-state index in [0.29, 0.717) is 5.88 Å². The summed E-state index contributed by atoms with van der Waals surface area (Å²) in [4.78, 5) is 0. The summed E-state index contributed by atoms with van der Waals surface area (Å²) in [5.41, 5.74) is 0.0491.